The SMILES string of the molecule is Cc1ccc(C2=N[C@@](C)(CC(=O)OC(C)(C)C)c3nnc(CC4CN(CCC(=O)NC[C@@H]5N=C(c6ccc(Cl)cc6)c6c(sc(C)c6C)-n6c(C)nnc65)CCO4)n3-c3sc(C)c(C)c32)cc1. The maximum atomic E-state index is 13.7. The first-order chi connectivity index (χ1) is 31.9. The number of carbonyl (C=O) groups is 2. The Morgan fingerprint density at radius 1 is 0.866 bits per heavy atom. The number of esters is 1. The van der Waals surface area contributed by atoms with E-state index in [2.05, 4.69) is 88.4 Å². The number of amides is 1. The van der Waals surface area contributed by atoms with Crippen molar-refractivity contribution in [2.45, 2.75) is 112 Å². The second-order valence-electron chi connectivity index (χ2n) is 19.1. The van der Waals surface area contributed by atoms with Crippen LogP contribution in [0.1, 0.15) is 119 Å². The topological polar surface area (TPSA) is 154 Å². The van der Waals surface area contributed by atoms with Crippen LogP contribution in [0.4, 0.5) is 0 Å². The lowest BCUT2D eigenvalue weighted by atomic mass is 9.95. The van der Waals surface area contributed by atoms with Gasteiger partial charge in [0.2, 0.25) is 5.91 Å². The fourth-order valence-corrected chi connectivity index (χ4v) is 11.6. The number of morpholine rings is 1. The molecule has 1 fully saturated rings. The molecule has 67 heavy (non-hydrogen) atoms. The van der Waals surface area contributed by atoms with Gasteiger partial charge in [-0.05, 0) is 92.5 Å². The molecule has 17 heteroatoms. The number of hydrogen-bond acceptors (Lipinski definition) is 13. The predicted molar refractivity (Wildman–Crippen MR) is 264 cm³/mol. The van der Waals surface area contributed by atoms with Gasteiger partial charge < -0.3 is 14.8 Å². The van der Waals surface area contributed by atoms with Crippen LogP contribution in [0.3, 0.4) is 0 Å². The monoisotopic (exact) mass is 960 g/mol. The van der Waals surface area contributed by atoms with Crippen LogP contribution in [0.25, 0.3) is 10.0 Å². The first-order valence-electron chi connectivity index (χ1n) is 22.8. The molecular weight excluding hydrogens is 904 g/mol. The zero-order chi connectivity index (χ0) is 47.5. The molecule has 0 bridgehead atoms. The Morgan fingerprint density at radius 2 is 1.51 bits per heavy atom. The van der Waals surface area contributed by atoms with Crippen molar-refractivity contribution in [3.05, 3.63) is 126 Å². The van der Waals surface area contributed by atoms with Gasteiger partial charge in [-0.15, -0.1) is 43.1 Å². The average Bonchev–Trinajstić information content (AvgIpc) is 3.98. The molecule has 4 aromatic heterocycles. The quantitative estimate of drug-likeness (QED) is 0.126. The van der Waals surface area contributed by atoms with Crippen LogP contribution in [0.15, 0.2) is 58.5 Å². The fourth-order valence-electron chi connectivity index (χ4n) is 9.11. The molecule has 1 unspecified atom stereocenters. The average molecular weight is 962 g/mol. The smallest absolute Gasteiger partial charge is 0.309 e. The predicted octanol–water partition coefficient (Wildman–Crippen LogP) is 8.61. The van der Waals surface area contributed by atoms with Crippen LogP contribution in [0.2, 0.25) is 5.02 Å². The Kier molecular flexibility index (Phi) is 12.7. The number of aryl methyl sites for hydroxylation is 4. The molecule has 1 amide bonds. The molecule has 3 atom stereocenters. The first-order valence-corrected chi connectivity index (χ1v) is 24.8. The van der Waals surface area contributed by atoms with Gasteiger partial charge in [0.1, 0.15) is 38.8 Å². The summed E-state index contributed by atoms with van der Waals surface area (Å²) in [5, 5.41) is 24.5. The van der Waals surface area contributed by atoms with Crippen molar-refractivity contribution in [2.24, 2.45) is 9.98 Å². The fraction of sp³-hybridized carbons (Fsp3) is 0.440. The Balaban J connectivity index is 0.929. The van der Waals surface area contributed by atoms with Gasteiger partial charge in [0.25, 0.3) is 0 Å². The highest BCUT2D eigenvalue weighted by atomic mass is 35.5. The molecule has 350 valence electrons. The molecule has 7 heterocycles. The molecule has 0 radical (unpaired) electrons. The van der Waals surface area contributed by atoms with Crippen LogP contribution in [-0.2, 0) is 31.0 Å². The summed E-state index contributed by atoms with van der Waals surface area (Å²) < 4.78 is 16.5. The van der Waals surface area contributed by atoms with Crippen molar-refractivity contribution in [3.8, 4) is 10.0 Å². The standard InChI is InChI=1S/C50H57ClN10O4S2/c1-27-11-13-34(14-12-27)44-42-29(3)31(5)67-47(42)61-38(56-58-48(61)50(10,54-44)24-40(63)65-49(7,8)9)23-36-26-59(21-22-64-36)20-19-39(62)52-25-37-45-57-55-32(6)60(45)46-41(28(2)30(4)66-46)43(53-37)33-15-17-35(51)18-16-33/h11-18,36-37H,19-26H2,1-10H3,(H,52,62)/t36?,37-,50-/m0/s1. The highest BCUT2D eigenvalue weighted by Gasteiger charge is 2.43. The Labute approximate surface area is 404 Å². The van der Waals surface area contributed by atoms with E-state index in [0.29, 0.717) is 55.8 Å². The lowest BCUT2D eigenvalue weighted by molar-refractivity contribution is -0.156. The van der Waals surface area contributed by atoms with E-state index in [1.54, 1.807) is 22.7 Å². The first kappa shape index (κ1) is 46.7. The molecule has 9 rings (SSSR count). The van der Waals surface area contributed by atoms with E-state index in [1.165, 1.54) is 4.88 Å². The van der Waals surface area contributed by atoms with Gasteiger partial charge in [0.15, 0.2) is 11.6 Å². The minimum Gasteiger partial charge on any atom is -0.460 e. The summed E-state index contributed by atoms with van der Waals surface area (Å²) in [5.41, 5.74) is 7.26. The number of rotatable bonds is 11. The van der Waals surface area contributed by atoms with Crippen molar-refractivity contribution in [1.29, 1.82) is 0 Å². The van der Waals surface area contributed by atoms with Crippen LogP contribution >= 0.6 is 34.3 Å². The molecule has 6 aromatic rings. The number of benzene rings is 2. The Morgan fingerprint density at radius 3 is 2.19 bits per heavy atom. The van der Waals surface area contributed by atoms with E-state index in [-0.39, 0.29) is 30.9 Å². The molecule has 0 spiro atoms. The number of fused-ring (bicyclic) bond motifs is 6. The van der Waals surface area contributed by atoms with Crippen LogP contribution < -0.4 is 5.32 Å². The minimum atomic E-state index is -1.10. The number of aliphatic imine (C=N–C) groups is 2. The van der Waals surface area contributed by atoms with Gasteiger partial charge >= 0.3 is 5.97 Å². The number of ether oxygens (including phenoxy) is 2. The third-order valence-corrected chi connectivity index (χ3v) is 15.4. The molecule has 1 saturated heterocycles. The maximum Gasteiger partial charge on any atom is 0.309 e. The third-order valence-electron chi connectivity index (χ3n) is 12.7. The number of thiophene rings is 2. The van der Waals surface area contributed by atoms with Crippen molar-refractivity contribution in [1.82, 2.24) is 39.7 Å². The highest BCUT2D eigenvalue weighted by Crippen LogP contribution is 2.43. The summed E-state index contributed by atoms with van der Waals surface area (Å²) >= 11 is 9.68. The summed E-state index contributed by atoms with van der Waals surface area (Å²) in [6.45, 7) is 22.7. The van der Waals surface area contributed by atoms with Gasteiger partial charge in [-0.3, -0.25) is 33.6 Å². The molecule has 3 aliphatic heterocycles. The molecule has 0 saturated carbocycles. The third kappa shape index (κ3) is 9.30. The molecule has 0 aliphatic carbocycles. The number of carbonyl (C=O) groups excluding carboxylic acids is 2. The van der Waals surface area contributed by atoms with E-state index in [9.17, 15) is 9.59 Å². The normalized spacial score (nSPS) is 19.3. The van der Waals surface area contributed by atoms with E-state index in [1.807, 2.05) is 58.9 Å². The van der Waals surface area contributed by atoms with E-state index < -0.39 is 17.2 Å². The van der Waals surface area contributed by atoms with Gasteiger partial charge in [0.05, 0.1) is 30.6 Å². The minimum absolute atomic E-state index is 0.0222. The van der Waals surface area contributed by atoms with Gasteiger partial charge in [-0.1, -0.05) is 53.6 Å². The summed E-state index contributed by atoms with van der Waals surface area (Å²) in [5.74, 6) is 2.32. The highest BCUT2D eigenvalue weighted by molar-refractivity contribution is 7.15. The summed E-state index contributed by atoms with van der Waals surface area (Å²) in [7, 11) is 0. The van der Waals surface area contributed by atoms with E-state index >= 15 is 0 Å². The van der Waals surface area contributed by atoms with Gasteiger partial charge in [-0.25, -0.2) is 0 Å². The van der Waals surface area contributed by atoms with E-state index in [0.717, 1.165) is 76.9 Å². The second kappa shape index (κ2) is 18.3. The van der Waals surface area contributed by atoms with E-state index in [4.69, 9.17) is 41.3 Å². The molecule has 2 aromatic carbocycles. The summed E-state index contributed by atoms with van der Waals surface area (Å²) in [6.07, 6.45) is 0.520. The van der Waals surface area contributed by atoms with Gasteiger partial charge in [-0.2, -0.15) is 0 Å². The second-order valence-corrected chi connectivity index (χ2v) is 21.9. The molecule has 14 nitrogen and oxygen atoms in total. The lowest BCUT2D eigenvalue weighted by Crippen LogP contribution is -2.45. The van der Waals surface area contributed by atoms with Crippen molar-refractivity contribution < 1.29 is 19.1 Å². The zero-order valence-electron chi connectivity index (χ0n) is 39.8. The summed E-state index contributed by atoms with van der Waals surface area (Å²) in [6, 6.07) is 15.6. The van der Waals surface area contributed by atoms with Gasteiger partial charge in [0, 0.05) is 76.1 Å². The molecular formula is C50H57ClN10O4S2. The van der Waals surface area contributed by atoms with Crippen molar-refractivity contribution in [3.63, 3.8) is 0 Å². The Hall–Kier alpha value is -5.39. The molecule has 3 aliphatic rings. The van der Waals surface area contributed by atoms with Crippen LogP contribution in [0.5, 0.6) is 0 Å². The number of nitrogens with one attached hydrogen (secondary N) is 1. The largest absolute Gasteiger partial charge is 0.460 e. The van der Waals surface area contributed by atoms with Crippen LogP contribution in [0, 0.1) is 41.5 Å². The Bertz CT molecular complexity index is 2940. The summed E-state index contributed by atoms with van der Waals surface area (Å²) in [4.78, 5) is 42.7. The lowest BCUT2D eigenvalue weighted by Gasteiger charge is -2.32. The number of hydrogen-bond donors (Lipinski definition) is 1. The number of nitrogens with zero attached hydrogens (tertiary/aromatic N) is 9. The number of aromatic nitrogens is 6. The maximum absolute atomic E-state index is 13.7. The molecule has 1 N–H and O–H groups in total. The van der Waals surface area contributed by atoms with Crippen LogP contribution in [-0.4, -0.2) is 102 Å². The van der Waals surface area contributed by atoms with Crippen molar-refractivity contribution >= 4 is 57.6 Å². The number of halogens is 1. The zero-order valence-corrected chi connectivity index (χ0v) is 42.2. The van der Waals surface area contributed by atoms with Crippen molar-refractivity contribution in [2.75, 3.05) is 32.8 Å².